The maximum absolute atomic E-state index is 12.2. The van der Waals surface area contributed by atoms with E-state index in [4.69, 9.17) is 11.0 Å². The molecule has 0 radical (unpaired) electrons. The van der Waals surface area contributed by atoms with E-state index in [1.54, 1.807) is 18.2 Å². The summed E-state index contributed by atoms with van der Waals surface area (Å²) in [5.74, 6) is 0. The van der Waals surface area contributed by atoms with Crippen LogP contribution in [0.4, 0.5) is 11.4 Å². The van der Waals surface area contributed by atoms with Gasteiger partial charge < -0.3 is 5.73 Å². The summed E-state index contributed by atoms with van der Waals surface area (Å²) in [4.78, 5) is 0.0932. The number of hydrogen-bond acceptors (Lipinski definition) is 4. The number of nitrogens with zero attached hydrogens (tertiary/aromatic N) is 1. The van der Waals surface area contributed by atoms with Crippen molar-refractivity contribution in [2.45, 2.75) is 11.8 Å². The fourth-order valence-electron chi connectivity index (χ4n) is 1.63. The van der Waals surface area contributed by atoms with E-state index < -0.39 is 10.0 Å². The Balaban J connectivity index is 2.30. The molecule has 0 saturated carbocycles. The smallest absolute Gasteiger partial charge is 0.261 e. The minimum Gasteiger partial charge on any atom is -0.398 e. The van der Waals surface area contributed by atoms with Gasteiger partial charge in [-0.2, -0.15) is 5.26 Å². The van der Waals surface area contributed by atoms with Gasteiger partial charge in [0.15, 0.2) is 0 Å². The van der Waals surface area contributed by atoms with Crippen molar-refractivity contribution in [2.24, 2.45) is 0 Å². The topological polar surface area (TPSA) is 96.0 Å². The van der Waals surface area contributed by atoms with Crippen molar-refractivity contribution in [3.05, 3.63) is 53.6 Å². The third-order valence-corrected chi connectivity index (χ3v) is 4.22. The van der Waals surface area contributed by atoms with Gasteiger partial charge in [0.2, 0.25) is 0 Å². The van der Waals surface area contributed by atoms with Crippen molar-refractivity contribution in [2.75, 3.05) is 10.5 Å². The van der Waals surface area contributed by atoms with Crippen LogP contribution in [0.1, 0.15) is 11.1 Å². The van der Waals surface area contributed by atoms with Gasteiger partial charge in [-0.3, -0.25) is 4.72 Å². The van der Waals surface area contributed by atoms with Gasteiger partial charge in [-0.15, -0.1) is 0 Å². The van der Waals surface area contributed by atoms with Gasteiger partial charge in [-0.25, -0.2) is 8.42 Å². The van der Waals surface area contributed by atoms with E-state index in [1.165, 1.54) is 24.3 Å². The Kier molecular flexibility index (Phi) is 3.63. The molecule has 6 heteroatoms. The molecule has 0 spiro atoms. The first-order valence-corrected chi connectivity index (χ1v) is 7.30. The maximum atomic E-state index is 12.2. The molecule has 0 unspecified atom stereocenters. The molecule has 0 aliphatic rings. The quantitative estimate of drug-likeness (QED) is 0.846. The molecule has 0 bridgehead atoms. The van der Waals surface area contributed by atoms with Crippen molar-refractivity contribution >= 4 is 21.4 Å². The number of nitrogen functional groups attached to an aromatic ring is 1. The fraction of sp³-hybridized carbons (Fsp3) is 0.0714. The minimum absolute atomic E-state index is 0.0932. The molecule has 102 valence electrons. The number of sulfonamides is 1. The van der Waals surface area contributed by atoms with E-state index in [1.807, 2.05) is 13.0 Å². The normalized spacial score (nSPS) is 10.8. The number of hydrogen-bond donors (Lipinski definition) is 2. The number of aryl methyl sites for hydroxylation is 1. The molecule has 2 rings (SSSR count). The molecule has 3 N–H and O–H groups in total. The second kappa shape index (κ2) is 5.23. The van der Waals surface area contributed by atoms with Crippen LogP contribution in [0, 0.1) is 18.3 Å². The first kappa shape index (κ1) is 13.9. The van der Waals surface area contributed by atoms with Gasteiger partial charge in [0.1, 0.15) is 0 Å². The van der Waals surface area contributed by atoms with Crippen molar-refractivity contribution in [1.29, 1.82) is 5.26 Å². The van der Waals surface area contributed by atoms with E-state index in [0.29, 0.717) is 16.9 Å². The summed E-state index contributed by atoms with van der Waals surface area (Å²) < 4.78 is 26.8. The zero-order chi connectivity index (χ0) is 14.8. The molecular formula is C14H13N3O2S. The fourth-order valence-corrected chi connectivity index (χ4v) is 2.68. The molecule has 0 heterocycles. The van der Waals surface area contributed by atoms with Crippen LogP contribution < -0.4 is 10.5 Å². The number of benzene rings is 2. The van der Waals surface area contributed by atoms with Gasteiger partial charge in [0.25, 0.3) is 10.0 Å². The second-order valence-electron chi connectivity index (χ2n) is 4.31. The van der Waals surface area contributed by atoms with E-state index in [9.17, 15) is 8.42 Å². The number of nitrogens with one attached hydrogen (secondary N) is 1. The first-order chi connectivity index (χ1) is 9.42. The lowest BCUT2D eigenvalue weighted by Crippen LogP contribution is -2.13. The highest BCUT2D eigenvalue weighted by Crippen LogP contribution is 2.20. The Morgan fingerprint density at radius 3 is 2.35 bits per heavy atom. The predicted octanol–water partition coefficient (Wildman–Crippen LogP) is 2.25. The van der Waals surface area contributed by atoms with Gasteiger partial charge in [-0.05, 0) is 48.9 Å². The van der Waals surface area contributed by atoms with Crippen LogP contribution in [0.5, 0.6) is 0 Å². The number of nitrogens with two attached hydrogens (primary N) is 1. The molecule has 0 aliphatic heterocycles. The second-order valence-corrected chi connectivity index (χ2v) is 6.00. The highest BCUT2D eigenvalue weighted by molar-refractivity contribution is 7.92. The van der Waals surface area contributed by atoms with Crippen molar-refractivity contribution < 1.29 is 8.42 Å². The lowest BCUT2D eigenvalue weighted by Gasteiger charge is -2.09. The van der Waals surface area contributed by atoms with Crippen molar-refractivity contribution in [3.63, 3.8) is 0 Å². The first-order valence-electron chi connectivity index (χ1n) is 5.81. The summed E-state index contributed by atoms with van der Waals surface area (Å²) >= 11 is 0. The monoisotopic (exact) mass is 287 g/mol. The van der Waals surface area contributed by atoms with Crippen molar-refractivity contribution in [1.82, 2.24) is 0 Å². The standard InChI is InChI=1S/C14H13N3O2S/c1-10-2-5-12(8-14(10)16)17-20(18,19)13-6-3-11(9-15)4-7-13/h2-8,17H,16H2,1H3. The van der Waals surface area contributed by atoms with E-state index in [-0.39, 0.29) is 4.90 Å². The van der Waals surface area contributed by atoms with Crippen LogP contribution in [0.2, 0.25) is 0 Å². The van der Waals surface area contributed by atoms with Gasteiger partial charge in [-0.1, -0.05) is 6.07 Å². The third kappa shape index (κ3) is 2.90. The Morgan fingerprint density at radius 2 is 1.80 bits per heavy atom. The van der Waals surface area contributed by atoms with Crippen LogP contribution in [-0.2, 0) is 10.0 Å². The number of anilines is 2. The molecule has 20 heavy (non-hydrogen) atoms. The van der Waals surface area contributed by atoms with Crippen LogP contribution in [-0.4, -0.2) is 8.42 Å². The summed E-state index contributed by atoms with van der Waals surface area (Å²) in [7, 11) is -3.68. The van der Waals surface area contributed by atoms with E-state index in [2.05, 4.69) is 4.72 Å². The molecule has 0 fully saturated rings. The molecule has 2 aromatic rings. The molecule has 0 aliphatic carbocycles. The van der Waals surface area contributed by atoms with Crippen LogP contribution in [0.3, 0.4) is 0 Å². The largest absolute Gasteiger partial charge is 0.398 e. The molecule has 0 saturated heterocycles. The van der Waals surface area contributed by atoms with Crippen LogP contribution in [0.15, 0.2) is 47.4 Å². The molecule has 5 nitrogen and oxygen atoms in total. The van der Waals surface area contributed by atoms with Crippen LogP contribution >= 0.6 is 0 Å². The van der Waals surface area contributed by atoms with Crippen LogP contribution in [0.25, 0.3) is 0 Å². The molecule has 0 amide bonds. The third-order valence-electron chi connectivity index (χ3n) is 2.83. The van der Waals surface area contributed by atoms with Gasteiger partial charge in [0, 0.05) is 5.69 Å². The summed E-state index contributed by atoms with van der Waals surface area (Å²) in [5, 5.41) is 8.69. The average molecular weight is 287 g/mol. The molecule has 0 aromatic heterocycles. The summed E-state index contributed by atoms with van der Waals surface area (Å²) in [5.41, 5.74) is 7.95. The summed E-state index contributed by atoms with van der Waals surface area (Å²) in [6.07, 6.45) is 0. The molecular weight excluding hydrogens is 274 g/mol. The SMILES string of the molecule is Cc1ccc(NS(=O)(=O)c2ccc(C#N)cc2)cc1N. The van der Waals surface area contributed by atoms with E-state index >= 15 is 0 Å². The predicted molar refractivity (Wildman–Crippen MR) is 77.6 cm³/mol. The van der Waals surface area contributed by atoms with Gasteiger partial charge >= 0.3 is 0 Å². The molecule has 0 atom stereocenters. The Bertz CT molecular complexity index is 775. The van der Waals surface area contributed by atoms with Gasteiger partial charge in [0.05, 0.1) is 22.2 Å². The summed E-state index contributed by atoms with van der Waals surface area (Å²) in [6.45, 7) is 1.84. The number of rotatable bonds is 3. The Hall–Kier alpha value is -2.52. The minimum atomic E-state index is -3.68. The lowest BCUT2D eigenvalue weighted by atomic mass is 10.2. The van der Waals surface area contributed by atoms with E-state index in [0.717, 1.165) is 5.56 Å². The van der Waals surface area contributed by atoms with Crippen molar-refractivity contribution in [3.8, 4) is 6.07 Å². The number of nitriles is 1. The highest BCUT2D eigenvalue weighted by atomic mass is 32.2. The lowest BCUT2D eigenvalue weighted by molar-refractivity contribution is 0.601. The Morgan fingerprint density at radius 1 is 1.15 bits per heavy atom. The summed E-state index contributed by atoms with van der Waals surface area (Å²) in [6, 6.07) is 12.6. The maximum Gasteiger partial charge on any atom is 0.261 e. The zero-order valence-electron chi connectivity index (χ0n) is 10.8. The highest BCUT2D eigenvalue weighted by Gasteiger charge is 2.14. The zero-order valence-corrected chi connectivity index (χ0v) is 11.6. The molecule has 2 aromatic carbocycles. The Labute approximate surface area is 117 Å². The average Bonchev–Trinajstić information content (AvgIpc) is 2.43.